The van der Waals surface area contributed by atoms with Crippen molar-refractivity contribution in [3.8, 4) is 17.6 Å². The van der Waals surface area contributed by atoms with Gasteiger partial charge in [-0.15, -0.1) is 0 Å². The lowest BCUT2D eigenvalue weighted by atomic mass is 9.73. The number of phenols is 2. The number of benzene rings is 2. The van der Waals surface area contributed by atoms with Crippen molar-refractivity contribution in [1.82, 2.24) is 0 Å². The number of nitriles is 1. The first-order valence-electron chi connectivity index (χ1n) is 7.02. The van der Waals surface area contributed by atoms with E-state index < -0.39 is 0 Å². The van der Waals surface area contributed by atoms with E-state index in [4.69, 9.17) is 5.26 Å². The second-order valence-corrected chi connectivity index (χ2v) is 5.44. The lowest BCUT2D eigenvalue weighted by molar-refractivity contribution is 0.468. The Balaban J connectivity index is 2.40. The van der Waals surface area contributed by atoms with Gasteiger partial charge in [-0.2, -0.15) is 5.26 Å². The van der Waals surface area contributed by atoms with E-state index in [0.29, 0.717) is 6.42 Å². The monoisotopic (exact) mass is 281 g/mol. The van der Waals surface area contributed by atoms with E-state index in [1.807, 2.05) is 24.3 Å². The molecule has 3 nitrogen and oxygen atoms in total. The summed E-state index contributed by atoms with van der Waals surface area (Å²) in [6, 6.07) is 16.5. The van der Waals surface area contributed by atoms with Crippen LogP contribution < -0.4 is 0 Å². The third-order valence-corrected chi connectivity index (χ3v) is 3.97. The van der Waals surface area contributed by atoms with Gasteiger partial charge in [0.15, 0.2) is 0 Å². The van der Waals surface area contributed by atoms with Gasteiger partial charge in [0.05, 0.1) is 6.07 Å². The topological polar surface area (TPSA) is 64.2 Å². The molecule has 2 rings (SSSR count). The van der Waals surface area contributed by atoms with Crippen LogP contribution in [0.5, 0.6) is 11.5 Å². The molecule has 0 aromatic heterocycles. The fourth-order valence-corrected chi connectivity index (χ4v) is 2.63. The van der Waals surface area contributed by atoms with Gasteiger partial charge >= 0.3 is 0 Å². The molecule has 0 atom stereocenters. The van der Waals surface area contributed by atoms with Crippen LogP contribution in [-0.2, 0) is 5.41 Å². The van der Waals surface area contributed by atoms with Crippen molar-refractivity contribution in [3.05, 3.63) is 59.7 Å². The maximum absolute atomic E-state index is 9.47. The molecule has 0 fully saturated rings. The smallest absolute Gasteiger partial charge is 0.115 e. The van der Waals surface area contributed by atoms with Gasteiger partial charge in [-0.25, -0.2) is 0 Å². The van der Waals surface area contributed by atoms with E-state index in [2.05, 4.69) is 13.0 Å². The summed E-state index contributed by atoms with van der Waals surface area (Å²) >= 11 is 0. The van der Waals surface area contributed by atoms with Gasteiger partial charge in [0.2, 0.25) is 0 Å². The molecular weight excluding hydrogens is 262 g/mol. The van der Waals surface area contributed by atoms with Crippen LogP contribution in [0.1, 0.15) is 37.3 Å². The van der Waals surface area contributed by atoms with Gasteiger partial charge in [0.25, 0.3) is 0 Å². The zero-order valence-electron chi connectivity index (χ0n) is 12.1. The highest BCUT2D eigenvalue weighted by atomic mass is 16.3. The molecule has 0 amide bonds. The van der Waals surface area contributed by atoms with Gasteiger partial charge in [-0.3, -0.25) is 0 Å². The maximum atomic E-state index is 9.47. The second-order valence-electron chi connectivity index (χ2n) is 5.44. The Morgan fingerprint density at radius 1 is 0.905 bits per heavy atom. The van der Waals surface area contributed by atoms with Crippen LogP contribution in [0, 0.1) is 11.3 Å². The summed E-state index contributed by atoms with van der Waals surface area (Å²) in [4.78, 5) is 0. The largest absolute Gasteiger partial charge is 0.508 e. The molecule has 21 heavy (non-hydrogen) atoms. The van der Waals surface area contributed by atoms with E-state index >= 15 is 0 Å². The Morgan fingerprint density at radius 3 is 1.71 bits per heavy atom. The molecule has 0 aliphatic heterocycles. The predicted octanol–water partition coefficient (Wildman–Crippen LogP) is 4.10. The van der Waals surface area contributed by atoms with Crippen molar-refractivity contribution in [2.45, 2.75) is 31.6 Å². The molecule has 0 bridgehead atoms. The molecule has 0 saturated carbocycles. The molecule has 108 valence electrons. The molecule has 0 spiro atoms. The highest BCUT2D eigenvalue weighted by molar-refractivity contribution is 5.42. The molecule has 0 heterocycles. The third kappa shape index (κ3) is 3.35. The van der Waals surface area contributed by atoms with Crippen molar-refractivity contribution in [3.63, 3.8) is 0 Å². The summed E-state index contributed by atoms with van der Waals surface area (Å²) < 4.78 is 0. The van der Waals surface area contributed by atoms with Gasteiger partial charge in [-0.1, -0.05) is 31.2 Å². The zero-order chi connectivity index (χ0) is 15.3. The molecule has 2 aromatic rings. The highest BCUT2D eigenvalue weighted by Gasteiger charge is 2.28. The summed E-state index contributed by atoms with van der Waals surface area (Å²) in [5, 5.41) is 27.7. The fourth-order valence-electron chi connectivity index (χ4n) is 2.63. The first kappa shape index (κ1) is 14.9. The Bertz CT molecular complexity index is 578. The summed E-state index contributed by atoms with van der Waals surface area (Å²) in [6.45, 7) is 2.13. The van der Waals surface area contributed by atoms with Crippen molar-refractivity contribution in [1.29, 1.82) is 5.26 Å². The van der Waals surface area contributed by atoms with E-state index in [-0.39, 0.29) is 16.9 Å². The van der Waals surface area contributed by atoms with Crippen LogP contribution in [0.25, 0.3) is 0 Å². The average Bonchev–Trinajstić information content (AvgIpc) is 2.48. The second kappa shape index (κ2) is 6.32. The van der Waals surface area contributed by atoms with E-state index in [9.17, 15) is 10.2 Å². The van der Waals surface area contributed by atoms with Crippen LogP contribution in [0.2, 0.25) is 0 Å². The van der Waals surface area contributed by atoms with Crippen molar-refractivity contribution in [2.75, 3.05) is 0 Å². The molecule has 0 unspecified atom stereocenters. The molecular formula is C18H19NO2. The van der Waals surface area contributed by atoms with Crippen LogP contribution in [0.3, 0.4) is 0 Å². The molecule has 0 aliphatic carbocycles. The standard InChI is InChI=1S/C18H19NO2/c1-18(12-2-3-13-19,14-4-8-16(20)9-5-14)15-6-10-17(21)11-7-15/h4-11,20-21H,2-3,12H2,1H3. The van der Waals surface area contributed by atoms with Crippen LogP contribution in [0.15, 0.2) is 48.5 Å². The number of unbranched alkanes of at least 4 members (excludes halogenated alkanes) is 1. The highest BCUT2D eigenvalue weighted by Crippen LogP contribution is 2.37. The number of nitrogens with zero attached hydrogens (tertiary/aromatic N) is 1. The summed E-state index contributed by atoms with van der Waals surface area (Å²) in [7, 11) is 0. The lowest BCUT2D eigenvalue weighted by Crippen LogP contribution is -2.23. The first-order valence-corrected chi connectivity index (χ1v) is 7.02. The Kier molecular flexibility index (Phi) is 4.49. The quantitative estimate of drug-likeness (QED) is 0.811. The molecule has 2 aromatic carbocycles. The Morgan fingerprint density at radius 2 is 1.33 bits per heavy atom. The minimum Gasteiger partial charge on any atom is -0.508 e. The van der Waals surface area contributed by atoms with Crippen molar-refractivity contribution in [2.24, 2.45) is 0 Å². The zero-order valence-corrected chi connectivity index (χ0v) is 12.1. The molecule has 2 N–H and O–H groups in total. The number of aromatic hydroxyl groups is 2. The van der Waals surface area contributed by atoms with E-state index in [1.54, 1.807) is 24.3 Å². The summed E-state index contributed by atoms with van der Waals surface area (Å²) in [5.74, 6) is 0.479. The minimum atomic E-state index is -0.252. The van der Waals surface area contributed by atoms with E-state index in [0.717, 1.165) is 24.0 Å². The number of phenolic OH excluding ortho intramolecular Hbond substituents is 2. The van der Waals surface area contributed by atoms with Crippen molar-refractivity contribution < 1.29 is 10.2 Å². The Labute approximate surface area is 125 Å². The normalized spacial score (nSPS) is 11.0. The van der Waals surface area contributed by atoms with Crippen LogP contribution in [-0.4, -0.2) is 10.2 Å². The predicted molar refractivity (Wildman–Crippen MR) is 82.1 cm³/mol. The van der Waals surface area contributed by atoms with Crippen LogP contribution >= 0.6 is 0 Å². The SMILES string of the molecule is CC(CCCC#N)(c1ccc(O)cc1)c1ccc(O)cc1. The van der Waals surface area contributed by atoms with Gasteiger partial charge < -0.3 is 10.2 Å². The molecule has 3 heteroatoms. The molecule has 0 saturated heterocycles. The van der Waals surface area contributed by atoms with Crippen LogP contribution in [0.4, 0.5) is 0 Å². The number of hydrogen-bond acceptors (Lipinski definition) is 3. The minimum absolute atomic E-state index is 0.240. The Hall–Kier alpha value is -2.47. The number of rotatable bonds is 5. The first-order chi connectivity index (χ1) is 10.1. The lowest BCUT2D eigenvalue weighted by Gasteiger charge is -2.31. The van der Waals surface area contributed by atoms with Crippen molar-refractivity contribution >= 4 is 0 Å². The fraction of sp³-hybridized carbons (Fsp3) is 0.278. The van der Waals surface area contributed by atoms with Gasteiger partial charge in [0, 0.05) is 11.8 Å². The molecule has 0 radical (unpaired) electrons. The maximum Gasteiger partial charge on any atom is 0.115 e. The van der Waals surface area contributed by atoms with Gasteiger partial charge in [-0.05, 0) is 48.2 Å². The number of hydrogen-bond donors (Lipinski definition) is 2. The van der Waals surface area contributed by atoms with E-state index in [1.165, 1.54) is 0 Å². The van der Waals surface area contributed by atoms with Gasteiger partial charge in [0.1, 0.15) is 11.5 Å². The summed E-state index contributed by atoms with van der Waals surface area (Å²) in [5.41, 5.74) is 1.92. The summed E-state index contributed by atoms with van der Waals surface area (Å²) in [6.07, 6.45) is 2.15. The molecule has 0 aliphatic rings. The average molecular weight is 281 g/mol. The third-order valence-electron chi connectivity index (χ3n) is 3.97.